The molecule has 1 aromatic rings. The lowest BCUT2D eigenvalue weighted by Gasteiger charge is -2.12. The predicted octanol–water partition coefficient (Wildman–Crippen LogP) is 2.43. The van der Waals surface area contributed by atoms with Crippen molar-refractivity contribution in [1.82, 2.24) is 0 Å². The SMILES string of the molecule is CC(C)COc1ccc(F)cc1NC=O. The molecule has 3 nitrogen and oxygen atoms in total. The van der Waals surface area contributed by atoms with E-state index in [0.717, 1.165) is 0 Å². The number of nitrogens with one attached hydrogen (secondary N) is 1. The molecule has 0 saturated carbocycles. The van der Waals surface area contributed by atoms with Gasteiger partial charge in [-0.1, -0.05) is 13.8 Å². The molecule has 1 N–H and O–H groups in total. The molecular weight excluding hydrogens is 197 g/mol. The minimum Gasteiger partial charge on any atom is -0.491 e. The number of benzene rings is 1. The number of rotatable bonds is 5. The maximum absolute atomic E-state index is 12.9. The van der Waals surface area contributed by atoms with Gasteiger partial charge in [0.1, 0.15) is 11.6 Å². The fraction of sp³-hybridized carbons (Fsp3) is 0.364. The number of halogens is 1. The minimum atomic E-state index is -0.406. The first-order valence-corrected chi connectivity index (χ1v) is 4.76. The highest BCUT2D eigenvalue weighted by molar-refractivity contribution is 5.75. The number of carbonyl (C=O) groups excluding carboxylic acids is 1. The smallest absolute Gasteiger partial charge is 0.211 e. The van der Waals surface area contributed by atoms with E-state index in [1.807, 2.05) is 13.8 Å². The van der Waals surface area contributed by atoms with Crippen LogP contribution in [0.5, 0.6) is 5.75 Å². The van der Waals surface area contributed by atoms with E-state index >= 15 is 0 Å². The zero-order valence-corrected chi connectivity index (χ0v) is 8.79. The average molecular weight is 211 g/mol. The van der Waals surface area contributed by atoms with Crippen LogP contribution >= 0.6 is 0 Å². The van der Waals surface area contributed by atoms with Crippen molar-refractivity contribution in [1.29, 1.82) is 0 Å². The highest BCUT2D eigenvalue weighted by atomic mass is 19.1. The van der Waals surface area contributed by atoms with E-state index in [1.54, 1.807) is 0 Å². The van der Waals surface area contributed by atoms with Crippen LogP contribution in [0.2, 0.25) is 0 Å². The molecule has 0 aliphatic rings. The van der Waals surface area contributed by atoms with Gasteiger partial charge in [0.2, 0.25) is 6.41 Å². The fourth-order valence-corrected chi connectivity index (χ4v) is 1.06. The lowest BCUT2D eigenvalue weighted by Crippen LogP contribution is -2.07. The van der Waals surface area contributed by atoms with E-state index in [1.165, 1.54) is 18.2 Å². The minimum absolute atomic E-state index is 0.352. The molecule has 0 aromatic heterocycles. The highest BCUT2D eigenvalue weighted by Crippen LogP contribution is 2.25. The van der Waals surface area contributed by atoms with Crippen molar-refractivity contribution in [2.45, 2.75) is 13.8 Å². The molecular formula is C11H14FNO2. The van der Waals surface area contributed by atoms with E-state index in [9.17, 15) is 9.18 Å². The largest absolute Gasteiger partial charge is 0.491 e. The van der Waals surface area contributed by atoms with Crippen LogP contribution in [-0.4, -0.2) is 13.0 Å². The van der Waals surface area contributed by atoms with Gasteiger partial charge in [-0.05, 0) is 18.1 Å². The summed E-state index contributed by atoms with van der Waals surface area (Å²) in [5.41, 5.74) is 0.352. The van der Waals surface area contributed by atoms with Gasteiger partial charge in [-0.3, -0.25) is 4.79 Å². The predicted molar refractivity (Wildman–Crippen MR) is 56.4 cm³/mol. The van der Waals surface area contributed by atoms with Crippen LogP contribution in [0, 0.1) is 11.7 Å². The normalized spacial score (nSPS) is 10.1. The summed E-state index contributed by atoms with van der Waals surface area (Å²) in [5, 5.41) is 2.40. The summed E-state index contributed by atoms with van der Waals surface area (Å²) in [6.45, 7) is 4.55. The van der Waals surface area contributed by atoms with Gasteiger partial charge in [-0.25, -0.2) is 4.39 Å². The second kappa shape index (κ2) is 5.34. The van der Waals surface area contributed by atoms with Crippen LogP contribution in [0.4, 0.5) is 10.1 Å². The van der Waals surface area contributed by atoms with Gasteiger partial charge >= 0.3 is 0 Å². The van der Waals surface area contributed by atoms with Gasteiger partial charge in [0.05, 0.1) is 12.3 Å². The summed E-state index contributed by atoms with van der Waals surface area (Å²) in [4.78, 5) is 10.3. The Labute approximate surface area is 88.2 Å². The summed E-state index contributed by atoms with van der Waals surface area (Å²) >= 11 is 0. The summed E-state index contributed by atoms with van der Waals surface area (Å²) in [5.74, 6) is 0.451. The molecule has 0 bridgehead atoms. The Bertz CT molecular complexity index is 339. The molecule has 1 aromatic carbocycles. The maximum Gasteiger partial charge on any atom is 0.211 e. The van der Waals surface area contributed by atoms with Crippen molar-refractivity contribution in [2.24, 2.45) is 5.92 Å². The third kappa shape index (κ3) is 3.58. The van der Waals surface area contributed by atoms with Crippen LogP contribution in [-0.2, 0) is 4.79 Å². The summed E-state index contributed by atoms with van der Waals surface area (Å²) < 4.78 is 18.3. The zero-order chi connectivity index (χ0) is 11.3. The van der Waals surface area contributed by atoms with Crippen LogP contribution in [0.25, 0.3) is 0 Å². The molecule has 1 amide bonds. The van der Waals surface area contributed by atoms with E-state index in [0.29, 0.717) is 30.4 Å². The molecule has 0 spiro atoms. The number of hydrogen-bond acceptors (Lipinski definition) is 2. The Balaban J connectivity index is 2.80. The Morgan fingerprint density at radius 1 is 1.53 bits per heavy atom. The maximum atomic E-state index is 12.9. The molecule has 0 saturated heterocycles. The molecule has 0 aliphatic heterocycles. The molecule has 82 valence electrons. The topological polar surface area (TPSA) is 38.3 Å². The average Bonchev–Trinajstić information content (AvgIpc) is 2.17. The highest BCUT2D eigenvalue weighted by Gasteiger charge is 2.05. The van der Waals surface area contributed by atoms with Crippen molar-refractivity contribution in [2.75, 3.05) is 11.9 Å². The lowest BCUT2D eigenvalue weighted by molar-refractivity contribution is -0.105. The molecule has 0 aliphatic carbocycles. The van der Waals surface area contributed by atoms with Gasteiger partial charge in [0.25, 0.3) is 0 Å². The molecule has 0 radical (unpaired) electrons. The molecule has 4 heteroatoms. The number of anilines is 1. The van der Waals surface area contributed by atoms with Crippen LogP contribution in [0.1, 0.15) is 13.8 Å². The van der Waals surface area contributed by atoms with E-state index < -0.39 is 5.82 Å². The monoisotopic (exact) mass is 211 g/mol. The zero-order valence-electron chi connectivity index (χ0n) is 8.79. The van der Waals surface area contributed by atoms with Crippen molar-refractivity contribution < 1.29 is 13.9 Å². The third-order valence-electron chi connectivity index (χ3n) is 1.73. The third-order valence-corrected chi connectivity index (χ3v) is 1.73. The lowest BCUT2D eigenvalue weighted by atomic mass is 10.2. The van der Waals surface area contributed by atoms with Gasteiger partial charge in [0.15, 0.2) is 0 Å². The second-order valence-electron chi connectivity index (χ2n) is 3.61. The quantitative estimate of drug-likeness (QED) is 0.759. The number of carbonyl (C=O) groups is 1. The Kier molecular flexibility index (Phi) is 4.09. The van der Waals surface area contributed by atoms with E-state index in [-0.39, 0.29) is 0 Å². The van der Waals surface area contributed by atoms with E-state index in [2.05, 4.69) is 5.32 Å². The van der Waals surface area contributed by atoms with Crippen LogP contribution in [0.15, 0.2) is 18.2 Å². The van der Waals surface area contributed by atoms with Gasteiger partial charge in [0, 0.05) is 6.07 Å². The first-order valence-electron chi connectivity index (χ1n) is 4.76. The van der Waals surface area contributed by atoms with E-state index in [4.69, 9.17) is 4.74 Å². The van der Waals surface area contributed by atoms with Gasteiger partial charge in [-0.2, -0.15) is 0 Å². The molecule has 1 rings (SSSR count). The molecule has 0 unspecified atom stereocenters. The van der Waals surface area contributed by atoms with Crippen LogP contribution in [0.3, 0.4) is 0 Å². The summed E-state index contributed by atoms with van der Waals surface area (Å²) in [7, 11) is 0. The molecule has 0 atom stereocenters. The number of amides is 1. The van der Waals surface area contributed by atoms with Crippen molar-refractivity contribution >= 4 is 12.1 Å². The Morgan fingerprint density at radius 3 is 2.87 bits per heavy atom. The molecule has 15 heavy (non-hydrogen) atoms. The van der Waals surface area contributed by atoms with Crippen LogP contribution < -0.4 is 10.1 Å². The van der Waals surface area contributed by atoms with Crippen molar-refractivity contribution in [3.63, 3.8) is 0 Å². The second-order valence-corrected chi connectivity index (χ2v) is 3.61. The van der Waals surface area contributed by atoms with Crippen molar-refractivity contribution in [3.05, 3.63) is 24.0 Å². The molecule has 0 heterocycles. The standard InChI is InChI=1S/C11H14FNO2/c1-8(2)6-15-11-4-3-9(12)5-10(11)13-7-14/h3-5,7-8H,6H2,1-2H3,(H,13,14). The Hall–Kier alpha value is -1.58. The first-order chi connectivity index (χ1) is 7.13. The summed E-state index contributed by atoms with van der Waals surface area (Å²) in [6, 6.07) is 4.03. The first kappa shape index (κ1) is 11.5. The number of hydrogen-bond donors (Lipinski definition) is 1. The summed E-state index contributed by atoms with van der Waals surface area (Å²) in [6.07, 6.45) is 0.497. The Morgan fingerprint density at radius 2 is 2.27 bits per heavy atom. The fourth-order valence-electron chi connectivity index (χ4n) is 1.06. The van der Waals surface area contributed by atoms with Crippen molar-refractivity contribution in [3.8, 4) is 5.75 Å². The molecule has 0 fully saturated rings. The van der Waals surface area contributed by atoms with Gasteiger partial charge in [-0.15, -0.1) is 0 Å². The number of ether oxygens (including phenoxy) is 1. The van der Waals surface area contributed by atoms with Gasteiger partial charge < -0.3 is 10.1 Å².